The zero-order chi connectivity index (χ0) is 21.8. The summed E-state index contributed by atoms with van der Waals surface area (Å²) in [6.07, 6.45) is 5.50. The van der Waals surface area contributed by atoms with E-state index in [1.54, 1.807) is 40.0 Å². The zero-order valence-corrected chi connectivity index (χ0v) is 18.3. The van der Waals surface area contributed by atoms with Gasteiger partial charge in [0, 0.05) is 44.1 Å². The van der Waals surface area contributed by atoms with Crippen molar-refractivity contribution < 1.29 is 13.2 Å². The zero-order valence-electron chi connectivity index (χ0n) is 17.5. The predicted octanol–water partition coefficient (Wildman–Crippen LogP) is 2.97. The summed E-state index contributed by atoms with van der Waals surface area (Å²) < 4.78 is 29.1. The number of amides is 1. The van der Waals surface area contributed by atoms with Crippen molar-refractivity contribution in [2.45, 2.75) is 24.7 Å². The Kier molecular flexibility index (Phi) is 6.20. The summed E-state index contributed by atoms with van der Waals surface area (Å²) in [4.78, 5) is 14.9. The van der Waals surface area contributed by atoms with Gasteiger partial charge in [-0.25, -0.2) is 13.1 Å². The molecule has 0 N–H and O–H groups in total. The molecule has 0 spiro atoms. The first kappa shape index (κ1) is 21.3. The van der Waals surface area contributed by atoms with Crippen molar-refractivity contribution >= 4 is 15.9 Å². The number of rotatable bonds is 6. The van der Waals surface area contributed by atoms with E-state index < -0.39 is 10.0 Å². The Balaban J connectivity index is 1.39. The van der Waals surface area contributed by atoms with Crippen LogP contribution in [0.25, 0.3) is 5.69 Å². The fourth-order valence-corrected chi connectivity index (χ4v) is 5.18. The van der Waals surface area contributed by atoms with Gasteiger partial charge in [-0.2, -0.15) is 9.40 Å². The summed E-state index contributed by atoms with van der Waals surface area (Å²) >= 11 is 0. The minimum Gasteiger partial charge on any atom is -0.336 e. The minimum atomic E-state index is -3.55. The number of piperazine rings is 1. The van der Waals surface area contributed by atoms with Gasteiger partial charge in [0.25, 0.3) is 5.91 Å². The Morgan fingerprint density at radius 2 is 1.65 bits per heavy atom. The van der Waals surface area contributed by atoms with Gasteiger partial charge in [0.05, 0.1) is 10.6 Å². The average molecular weight is 439 g/mol. The number of sulfonamides is 1. The Labute approximate surface area is 183 Å². The average Bonchev–Trinajstić information content (AvgIpc) is 3.34. The Bertz CT molecular complexity index is 1120. The van der Waals surface area contributed by atoms with Crippen LogP contribution in [-0.4, -0.2) is 59.5 Å². The maximum atomic E-state index is 13.0. The monoisotopic (exact) mass is 438 g/mol. The lowest BCUT2D eigenvalue weighted by Crippen LogP contribution is -2.50. The van der Waals surface area contributed by atoms with E-state index in [0.29, 0.717) is 23.5 Å². The number of carbonyl (C=O) groups is 1. The molecule has 4 rings (SSSR count). The molecule has 0 atom stereocenters. The number of hydrogen-bond acceptors (Lipinski definition) is 4. The Morgan fingerprint density at radius 3 is 2.23 bits per heavy atom. The SMILES string of the molecule is CCCc1ccc(S(=O)(=O)N2CCN(C(=O)c3ccc(-n4cccn4)cc3)CC2)cc1. The van der Waals surface area contributed by atoms with E-state index >= 15 is 0 Å². The lowest BCUT2D eigenvalue weighted by molar-refractivity contribution is 0.0698. The molecular formula is C23H26N4O3S. The van der Waals surface area contributed by atoms with E-state index in [2.05, 4.69) is 12.0 Å². The van der Waals surface area contributed by atoms with Crippen LogP contribution in [0.1, 0.15) is 29.3 Å². The highest BCUT2D eigenvalue weighted by Gasteiger charge is 2.30. The topological polar surface area (TPSA) is 75.5 Å². The summed E-state index contributed by atoms with van der Waals surface area (Å²) in [6, 6.07) is 16.2. The third kappa shape index (κ3) is 4.55. The molecule has 31 heavy (non-hydrogen) atoms. The normalized spacial score (nSPS) is 15.2. The fourth-order valence-electron chi connectivity index (χ4n) is 3.76. The molecule has 2 aromatic carbocycles. The van der Waals surface area contributed by atoms with E-state index in [-0.39, 0.29) is 19.0 Å². The number of aromatic nitrogens is 2. The molecule has 7 nitrogen and oxygen atoms in total. The van der Waals surface area contributed by atoms with Crippen LogP contribution < -0.4 is 0 Å². The second-order valence-electron chi connectivity index (χ2n) is 7.59. The van der Waals surface area contributed by atoms with E-state index in [0.717, 1.165) is 24.1 Å². The van der Waals surface area contributed by atoms with Crippen molar-refractivity contribution in [2.24, 2.45) is 0 Å². The van der Waals surface area contributed by atoms with Crippen molar-refractivity contribution in [1.29, 1.82) is 0 Å². The molecule has 0 unspecified atom stereocenters. The van der Waals surface area contributed by atoms with Gasteiger partial charge in [0.2, 0.25) is 10.0 Å². The molecule has 1 amide bonds. The molecule has 0 aliphatic carbocycles. The standard InChI is InChI=1S/C23H26N4O3S/c1-2-4-19-5-11-22(12-6-19)31(29,30)26-17-15-25(16-18-26)23(28)20-7-9-21(10-8-20)27-14-3-13-24-27/h3,5-14H,2,4,15-18H2,1H3. The summed E-state index contributed by atoms with van der Waals surface area (Å²) in [6.45, 7) is 3.41. The molecule has 1 saturated heterocycles. The molecule has 0 radical (unpaired) electrons. The van der Waals surface area contributed by atoms with Gasteiger partial charge in [-0.05, 0) is 54.4 Å². The van der Waals surface area contributed by atoms with Crippen LogP contribution in [-0.2, 0) is 16.4 Å². The van der Waals surface area contributed by atoms with Crippen LogP contribution in [0.15, 0.2) is 71.9 Å². The van der Waals surface area contributed by atoms with Crippen molar-refractivity contribution in [3.05, 3.63) is 78.1 Å². The summed E-state index contributed by atoms with van der Waals surface area (Å²) in [5.41, 5.74) is 2.59. The number of aryl methyl sites for hydroxylation is 1. The number of nitrogens with zero attached hydrogens (tertiary/aromatic N) is 4. The second-order valence-corrected chi connectivity index (χ2v) is 9.53. The first-order chi connectivity index (χ1) is 15.0. The fraction of sp³-hybridized carbons (Fsp3) is 0.304. The van der Waals surface area contributed by atoms with Crippen molar-refractivity contribution in [3.8, 4) is 5.69 Å². The first-order valence-electron chi connectivity index (χ1n) is 10.5. The molecule has 1 aromatic heterocycles. The van der Waals surface area contributed by atoms with Crippen LogP contribution in [0.5, 0.6) is 0 Å². The van der Waals surface area contributed by atoms with Gasteiger partial charge in [-0.15, -0.1) is 0 Å². The number of hydrogen-bond donors (Lipinski definition) is 0. The minimum absolute atomic E-state index is 0.0898. The van der Waals surface area contributed by atoms with Gasteiger partial charge in [-0.1, -0.05) is 25.5 Å². The Morgan fingerprint density at radius 1 is 0.968 bits per heavy atom. The quantitative estimate of drug-likeness (QED) is 0.593. The molecule has 2 heterocycles. The van der Waals surface area contributed by atoms with Gasteiger partial charge >= 0.3 is 0 Å². The highest BCUT2D eigenvalue weighted by atomic mass is 32.2. The van der Waals surface area contributed by atoms with Crippen LogP contribution in [0, 0.1) is 0 Å². The molecular weight excluding hydrogens is 412 g/mol. The maximum absolute atomic E-state index is 13.0. The van der Waals surface area contributed by atoms with E-state index in [1.807, 2.05) is 36.5 Å². The molecule has 162 valence electrons. The lowest BCUT2D eigenvalue weighted by Gasteiger charge is -2.34. The molecule has 0 saturated carbocycles. The smallest absolute Gasteiger partial charge is 0.253 e. The predicted molar refractivity (Wildman–Crippen MR) is 119 cm³/mol. The second kappa shape index (κ2) is 9.03. The molecule has 1 aliphatic heterocycles. The van der Waals surface area contributed by atoms with Crippen molar-refractivity contribution in [3.63, 3.8) is 0 Å². The van der Waals surface area contributed by atoms with E-state index in [4.69, 9.17) is 0 Å². The van der Waals surface area contributed by atoms with Crippen LogP contribution in [0.3, 0.4) is 0 Å². The van der Waals surface area contributed by atoms with Crippen LogP contribution >= 0.6 is 0 Å². The van der Waals surface area contributed by atoms with Gasteiger partial charge < -0.3 is 4.90 Å². The van der Waals surface area contributed by atoms with Crippen molar-refractivity contribution in [2.75, 3.05) is 26.2 Å². The molecule has 8 heteroatoms. The van der Waals surface area contributed by atoms with Gasteiger partial charge in [-0.3, -0.25) is 4.79 Å². The van der Waals surface area contributed by atoms with Crippen LogP contribution in [0.2, 0.25) is 0 Å². The number of benzene rings is 2. The summed E-state index contributed by atoms with van der Waals surface area (Å²) in [5.74, 6) is -0.0898. The van der Waals surface area contributed by atoms with Crippen molar-refractivity contribution in [1.82, 2.24) is 19.0 Å². The molecule has 1 fully saturated rings. The largest absolute Gasteiger partial charge is 0.336 e. The summed E-state index contributed by atoms with van der Waals surface area (Å²) in [5, 5.41) is 4.18. The Hall–Kier alpha value is -2.97. The molecule has 3 aromatic rings. The molecule has 0 bridgehead atoms. The van der Waals surface area contributed by atoms with Gasteiger partial charge in [0.15, 0.2) is 0 Å². The highest BCUT2D eigenvalue weighted by Crippen LogP contribution is 2.20. The maximum Gasteiger partial charge on any atom is 0.253 e. The number of carbonyl (C=O) groups excluding carboxylic acids is 1. The lowest BCUT2D eigenvalue weighted by atomic mass is 10.1. The third-order valence-corrected chi connectivity index (χ3v) is 7.42. The van der Waals surface area contributed by atoms with E-state index in [9.17, 15) is 13.2 Å². The third-order valence-electron chi connectivity index (χ3n) is 5.51. The van der Waals surface area contributed by atoms with E-state index in [1.165, 1.54) is 4.31 Å². The summed E-state index contributed by atoms with van der Waals surface area (Å²) in [7, 11) is -3.55. The first-order valence-corrected chi connectivity index (χ1v) is 11.9. The molecule has 1 aliphatic rings. The highest BCUT2D eigenvalue weighted by molar-refractivity contribution is 7.89. The van der Waals surface area contributed by atoms with Gasteiger partial charge in [0.1, 0.15) is 0 Å². The van der Waals surface area contributed by atoms with Crippen LogP contribution in [0.4, 0.5) is 0 Å².